The largest absolute Gasteiger partial charge is 0.433 e. The number of benzene rings is 1. The maximum Gasteiger partial charge on any atom is 0.433 e. The van der Waals surface area contributed by atoms with Crippen molar-refractivity contribution in [1.82, 2.24) is 15.2 Å². The van der Waals surface area contributed by atoms with Crippen LogP contribution in [0.2, 0.25) is 0 Å². The zero-order chi connectivity index (χ0) is 16.6. The van der Waals surface area contributed by atoms with Gasteiger partial charge < -0.3 is 5.32 Å². The molecule has 0 aliphatic carbocycles. The van der Waals surface area contributed by atoms with Crippen LogP contribution < -0.4 is 5.32 Å². The van der Waals surface area contributed by atoms with E-state index in [9.17, 15) is 22.4 Å². The van der Waals surface area contributed by atoms with Crippen LogP contribution in [-0.2, 0) is 6.18 Å². The van der Waals surface area contributed by atoms with Crippen molar-refractivity contribution in [3.05, 3.63) is 53.7 Å². The molecule has 0 saturated carbocycles. The van der Waals surface area contributed by atoms with Gasteiger partial charge in [-0.3, -0.25) is 9.89 Å². The van der Waals surface area contributed by atoms with Gasteiger partial charge in [-0.2, -0.15) is 18.3 Å². The minimum Gasteiger partial charge on any atom is -0.318 e. The summed E-state index contributed by atoms with van der Waals surface area (Å²) in [6.45, 7) is 0. The third-order valence-electron chi connectivity index (χ3n) is 3.05. The maximum atomic E-state index is 13.9. The highest BCUT2D eigenvalue weighted by atomic mass is 19.4. The van der Waals surface area contributed by atoms with E-state index in [0.29, 0.717) is 10.9 Å². The van der Waals surface area contributed by atoms with Crippen LogP contribution in [0.5, 0.6) is 0 Å². The van der Waals surface area contributed by atoms with E-state index in [1.807, 2.05) is 0 Å². The number of pyridine rings is 1. The average Bonchev–Trinajstić information content (AvgIpc) is 2.94. The van der Waals surface area contributed by atoms with Crippen LogP contribution in [0.15, 0.2) is 36.5 Å². The highest BCUT2D eigenvalue weighted by Gasteiger charge is 2.33. The Labute approximate surface area is 126 Å². The molecule has 0 fully saturated rings. The fourth-order valence-electron chi connectivity index (χ4n) is 1.97. The molecule has 9 heteroatoms. The van der Waals surface area contributed by atoms with Gasteiger partial charge in [-0.05, 0) is 18.2 Å². The second-order valence-corrected chi connectivity index (χ2v) is 4.65. The Kier molecular flexibility index (Phi) is 3.47. The predicted molar refractivity (Wildman–Crippen MR) is 73.2 cm³/mol. The first-order valence-corrected chi connectivity index (χ1v) is 6.33. The molecule has 2 heterocycles. The number of carbonyl (C=O) groups excluding carboxylic acids is 1. The summed E-state index contributed by atoms with van der Waals surface area (Å²) in [6.07, 6.45) is -3.25. The van der Waals surface area contributed by atoms with Crippen molar-refractivity contribution >= 4 is 22.5 Å². The first-order valence-electron chi connectivity index (χ1n) is 6.33. The predicted octanol–water partition coefficient (Wildman–Crippen LogP) is 3.37. The number of rotatable bonds is 2. The Morgan fingerprint density at radius 2 is 2.00 bits per heavy atom. The summed E-state index contributed by atoms with van der Waals surface area (Å²) in [7, 11) is 0. The molecule has 3 aromatic rings. The molecule has 2 N–H and O–H groups in total. The Bertz CT molecular complexity index is 888. The first-order chi connectivity index (χ1) is 10.8. The lowest BCUT2D eigenvalue weighted by molar-refractivity contribution is -0.141. The van der Waals surface area contributed by atoms with Crippen molar-refractivity contribution in [3.63, 3.8) is 0 Å². The first kappa shape index (κ1) is 14.9. The number of nitrogens with zero attached hydrogens (tertiary/aromatic N) is 2. The van der Waals surface area contributed by atoms with Crippen molar-refractivity contribution in [3.8, 4) is 0 Å². The lowest BCUT2D eigenvalue weighted by atomic mass is 10.2. The highest BCUT2D eigenvalue weighted by molar-refractivity contribution is 6.03. The molecule has 2 aromatic heterocycles. The molecule has 0 bridgehead atoms. The number of carbonyl (C=O) groups is 1. The normalized spacial score (nSPS) is 11.7. The monoisotopic (exact) mass is 324 g/mol. The van der Waals surface area contributed by atoms with Crippen molar-refractivity contribution in [2.75, 3.05) is 5.32 Å². The van der Waals surface area contributed by atoms with Crippen molar-refractivity contribution in [2.45, 2.75) is 6.18 Å². The number of amides is 1. The lowest BCUT2D eigenvalue weighted by Crippen LogP contribution is -2.17. The molecule has 1 amide bonds. The molecule has 5 nitrogen and oxygen atoms in total. The number of aromatic nitrogens is 3. The van der Waals surface area contributed by atoms with Gasteiger partial charge >= 0.3 is 6.18 Å². The van der Waals surface area contributed by atoms with E-state index >= 15 is 0 Å². The van der Waals surface area contributed by atoms with Crippen LogP contribution in [-0.4, -0.2) is 21.1 Å². The molecule has 3 rings (SSSR count). The smallest absolute Gasteiger partial charge is 0.318 e. The Hall–Kier alpha value is -2.97. The molecule has 0 aliphatic rings. The third kappa shape index (κ3) is 2.98. The van der Waals surface area contributed by atoms with Crippen LogP contribution in [0.4, 0.5) is 23.2 Å². The van der Waals surface area contributed by atoms with Crippen LogP contribution in [0, 0.1) is 5.82 Å². The summed E-state index contributed by atoms with van der Waals surface area (Å²) in [5.41, 5.74) is -1.41. The fourth-order valence-corrected chi connectivity index (χ4v) is 1.97. The van der Waals surface area contributed by atoms with Gasteiger partial charge in [-0.25, -0.2) is 9.37 Å². The van der Waals surface area contributed by atoms with Crippen molar-refractivity contribution < 1.29 is 22.4 Å². The molecular weight excluding hydrogens is 316 g/mol. The van der Waals surface area contributed by atoms with Crippen LogP contribution in [0.25, 0.3) is 10.9 Å². The molecule has 23 heavy (non-hydrogen) atoms. The number of hydrogen-bond acceptors (Lipinski definition) is 3. The Morgan fingerprint density at radius 3 is 2.74 bits per heavy atom. The van der Waals surface area contributed by atoms with E-state index in [1.165, 1.54) is 12.3 Å². The highest BCUT2D eigenvalue weighted by Crippen LogP contribution is 2.27. The number of H-pyrrole nitrogens is 1. The van der Waals surface area contributed by atoms with Crippen LogP contribution in [0.1, 0.15) is 16.2 Å². The molecule has 0 unspecified atom stereocenters. The molecule has 0 aliphatic heterocycles. The number of anilines is 1. The number of aromatic amines is 1. The van der Waals surface area contributed by atoms with E-state index in [2.05, 4.69) is 20.5 Å². The van der Waals surface area contributed by atoms with E-state index in [4.69, 9.17) is 0 Å². The Morgan fingerprint density at radius 1 is 1.22 bits per heavy atom. The second kappa shape index (κ2) is 5.34. The number of alkyl halides is 3. The van der Waals surface area contributed by atoms with E-state index in [-0.39, 0.29) is 5.69 Å². The van der Waals surface area contributed by atoms with Crippen LogP contribution in [0.3, 0.4) is 0 Å². The summed E-state index contributed by atoms with van der Waals surface area (Å²) in [5, 5.41) is 9.02. The van der Waals surface area contributed by atoms with Crippen LogP contribution >= 0.6 is 0 Å². The van der Waals surface area contributed by atoms with Gasteiger partial charge in [-0.15, -0.1) is 0 Å². The fraction of sp³-hybridized carbons (Fsp3) is 0.0714. The number of fused-ring (bicyclic) bond motifs is 1. The lowest BCUT2D eigenvalue weighted by Gasteiger charge is -2.09. The van der Waals surface area contributed by atoms with Gasteiger partial charge in [0.05, 0.1) is 17.4 Å². The van der Waals surface area contributed by atoms with E-state index in [1.54, 1.807) is 0 Å². The molecule has 0 atom stereocenters. The van der Waals surface area contributed by atoms with Crippen molar-refractivity contribution in [2.24, 2.45) is 0 Å². The number of halogens is 4. The third-order valence-corrected chi connectivity index (χ3v) is 3.05. The van der Waals surface area contributed by atoms with Gasteiger partial charge in [-0.1, -0.05) is 6.07 Å². The maximum absolute atomic E-state index is 13.9. The van der Waals surface area contributed by atoms with Gasteiger partial charge in [0.2, 0.25) is 0 Å². The molecular formula is C14H8F4N4O. The summed E-state index contributed by atoms with van der Waals surface area (Å²) in [6, 6.07) is 5.35. The van der Waals surface area contributed by atoms with E-state index in [0.717, 1.165) is 24.3 Å². The zero-order valence-corrected chi connectivity index (χ0v) is 11.3. The topological polar surface area (TPSA) is 70.7 Å². The average molecular weight is 324 g/mol. The van der Waals surface area contributed by atoms with Gasteiger partial charge in [0, 0.05) is 11.5 Å². The standard InChI is InChI=1S/C14H8F4N4O/c15-8-5-10-7(6-19-22-10)4-11(8)21-13(23)9-2-1-3-12(20-9)14(16,17)18/h1-6H,(H,19,22)(H,21,23). The summed E-state index contributed by atoms with van der Waals surface area (Å²) >= 11 is 0. The minimum atomic E-state index is -4.67. The SMILES string of the molecule is O=C(Nc1cc2cn[nH]c2cc1F)c1cccc(C(F)(F)F)n1. The quantitative estimate of drug-likeness (QED) is 0.710. The van der Waals surface area contributed by atoms with E-state index < -0.39 is 29.3 Å². The summed E-state index contributed by atoms with van der Waals surface area (Å²) < 4.78 is 51.7. The molecule has 0 spiro atoms. The number of hydrogen-bond donors (Lipinski definition) is 2. The zero-order valence-electron chi connectivity index (χ0n) is 11.3. The van der Waals surface area contributed by atoms with Gasteiger partial charge in [0.25, 0.3) is 5.91 Å². The summed E-state index contributed by atoms with van der Waals surface area (Å²) in [5.74, 6) is -1.69. The second-order valence-electron chi connectivity index (χ2n) is 4.65. The molecule has 0 radical (unpaired) electrons. The molecule has 1 aromatic carbocycles. The van der Waals surface area contributed by atoms with Crippen molar-refractivity contribution in [1.29, 1.82) is 0 Å². The van der Waals surface area contributed by atoms with Gasteiger partial charge in [0.1, 0.15) is 17.2 Å². The molecule has 0 saturated heterocycles. The Balaban J connectivity index is 1.90. The summed E-state index contributed by atoms with van der Waals surface area (Å²) in [4.78, 5) is 15.2. The molecule has 118 valence electrons. The minimum absolute atomic E-state index is 0.178. The van der Waals surface area contributed by atoms with Gasteiger partial charge in [0.15, 0.2) is 0 Å². The number of nitrogens with one attached hydrogen (secondary N) is 2.